The Hall–Kier alpha value is -1.57. The molecule has 2 heteroatoms. The number of carbonyl (C=O) groups is 1. The van der Waals surface area contributed by atoms with Crippen LogP contribution in [0, 0.1) is 6.92 Å². The Kier molecular flexibility index (Phi) is 6.80. The smallest absolute Gasteiger partial charge is 0.126 e. The molecule has 0 bridgehead atoms. The van der Waals surface area contributed by atoms with E-state index >= 15 is 0 Å². The van der Waals surface area contributed by atoms with Crippen LogP contribution in [0.5, 0.6) is 5.75 Å². The second kappa shape index (κ2) is 8.57. The van der Waals surface area contributed by atoms with Gasteiger partial charge in [-0.05, 0) is 44.4 Å². The number of ether oxygens (including phenoxy) is 1. The molecular weight excluding hydrogens is 212 g/mol. The minimum atomic E-state index is 0.684. The van der Waals surface area contributed by atoms with Crippen molar-refractivity contribution in [2.24, 2.45) is 0 Å². The molecule has 2 nitrogen and oxygen atoms in total. The van der Waals surface area contributed by atoms with Gasteiger partial charge in [0.2, 0.25) is 0 Å². The van der Waals surface area contributed by atoms with Gasteiger partial charge in [0.05, 0.1) is 6.26 Å². The lowest BCUT2D eigenvalue weighted by Crippen LogP contribution is -1.82. The van der Waals surface area contributed by atoms with Crippen LogP contribution >= 0.6 is 0 Å². The standard InChI is InChI=1S/C15H20O2/c1-14-8-10-15(11-9-14)17-13-7-5-3-2-4-6-12-16/h7-13H,2-6H2,1H3/b13-7+. The van der Waals surface area contributed by atoms with E-state index in [1.54, 1.807) is 6.26 Å². The van der Waals surface area contributed by atoms with E-state index in [1.165, 1.54) is 5.56 Å². The van der Waals surface area contributed by atoms with Crippen LogP contribution in [0.2, 0.25) is 0 Å². The number of aryl methyl sites for hydroxylation is 1. The second-order valence-corrected chi connectivity index (χ2v) is 4.11. The van der Waals surface area contributed by atoms with Crippen LogP contribution in [0.25, 0.3) is 0 Å². The minimum absolute atomic E-state index is 0.684. The number of unbranched alkanes of at least 4 members (excludes halogenated alkanes) is 4. The zero-order valence-corrected chi connectivity index (χ0v) is 10.4. The topological polar surface area (TPSA) is 26.3 Å². The lowest BCUT2D eigenvalue weighted by atomic mass is 10.1. The van der Waals surface area contributed by atoms with E-state index < -0.39 is 0 Å². The van der Waals surface area contributed by atoms with Crippen LogP contribution in [-0.4, -0.2) is 6.29 Å². The molecule has 0 saturated heterocycles. The first-order chi connectivity index (χ1) is 8.33. The van der Waals surface area contributed by atoms with Gasteiger partial charge < -0.3 is 9.53 Å². The Morgan fingerprint density at radius 2 is 1.76 bits per heavy atom. The lowest BCUT2D eigenvalue weighted by Gasteiger charge is -2.00. The van der Waals surface area contributed by atoms with E-state index in [0.717, 1.165) is 37.7 Å². The Bertz CT molecular complexity index is 338. The van der Waals surface area contributed by atoms with Gasteiger partial charge in [0.1, 0.15) is 12.0 Å². The number of allylic oxidation sites excluding steroid dienone is 1. The molecule has 1 aromatic carbocycles. The van der Waals surface area contributed by atoms with Crippen LogP contribution in [0.3, 0.4) is 0 Å². The van der Waals surface area contributed by atoms with Crippen molar-refractivity contribution in [2.45, 2.75) is 39.0 Å². The molecule has 0 heterocycles. The highest BCUT2D eigenvalue weighted by molar-refractivity contribution is 5.48. The fourth-order valence-electron chi connectivity index (χ4n) is 1.48. The SMILES string of the molecule is Cc1ccc(O/C=C/CCCCCC=O)cc1. The summed E-state index contributed by atoms with van der Waals surface area (Å²) in [6, 6.07) is 7.98. The third kappa shape index (κ3) is 6.56. The number of hydrogen-bond acceptors (Lipinski definition) is 2. The molecular formula is C15H20O2. The molecule has 0 aliphatic heterocycles. The van der Waals surface area contributed by atoms with Gasteiger partial charge in [0, 0.05) is 6.42 Å². The summed E-state index contributed by atoms with van der Waals surface area (Å²) in [6.07, 6.45) is 9.65. The van der Waals surface area contributed by atoms with E-state index in [-0.39, 0.29) is 0 Å². The molecule has 0 amide bonds. The summed E-state index contributed by atoms with van der Waals surface area (Å²) < 4.78 is 5.45. The first-order valence-electron chi connectivity index (χ1n) is 6.15. The highest BCUT2D eigenvalue weighted by Gasteiger charge is 1.89. The van der Waals surface area contributed by atoms with Crippen LogP contribution in [0.4, 0.5) is 0 Å². The number of hydrogen-bond donors (Lipinski definition) is 0. The van der Waals surface area contributed by atoms with Gasteiger partial charge >= 0.3 is 0 Å². The van der Waals surface area contributed by atoms with Crippen molar-refractivity contribution < 1.29 is 9.53 Å². The highest BCUT2D eigenvalue weighted by atomic mass is 16.5. The summed E-state index contributed by atoms with van der Waals surface area (Å²) in [5.74, 6) is 0.868. The molecule has 0 spiro atoms. The van der Waals surface area contributed by atoms with Crippen molar-refractivity contribution in [1.82, 2.24) is 0 Å². The van der Waals surface area contributed by atoms with Gasteiger partial charge in [0.15, 0.2) is 0 Å². The Balaban J connectivity index is 2.09. The maximum Gasteiger partial charge on any atom is 0.126 e. The summed E-state index contributed by atoms with van der Waals surface area (Å²) in [6.45, 7) is 2.05. The number of rotatable bonds is 8. The van der Waals surface area contributed by atoms with E-state index in [9.17, 15) is 4.79 Å². The summed E-state index contributed by atoms with van der Waals surface area (Å²) >= 11 is 0. The van der Waals surface area contributed by atoms with Gasteiger partial charge in [-0.3, -0.25) is 0 Å². The molecule has 0 radical (unpaired) electrons. The summed E-state index contributed by atoms with van der Waals surface area (Å²) in [4.78, 5) is 10.1. The molecule has 0 saturated carbocycles. The molecule has 0 unspecified atom stereocenters. The summed E-state index contributed by atoms with van der Waals surface area (Å²) in [7, 11) is 0. The monoisotopic (exact) mass is 232 g/mol. The molecule has 0 aromatic heterocycles. The van der Waals surface area contributed by atoms with Crippen molar-refractivity contribution in [3.05, 3.63) is 42.2 Å². The molecule has 0 aliphatic rings. The van der Waals surface area contributed by atoms with Gasteiger partial charge in [-0.25, -0.2) is 0 Å². The van der Waals surface area contributed by atoms with Crippen molar-refractivity contribution in [2.75, 3.05) is 0 Å². The van der Waals surface area contributed by atoms with Gasteiger partial charge in [0.25, 0.3) is 0 Å². The van der Waals surface area contributed by atoms with E-state index in [0.29, 0.717) is 6.42 Å². The molecule has 0 atom stereocenters. The van der Waals surface area contributed by atoms with Crippen LogP contribution in [-0.2, 0) is 4.79 Å². The third-order valence-electron chi connectivity index (χ3n) is 2.51. The first-order valence-corrected chi connectivity index (χ1v) is 6.15. The Morgan fingerprint density at radius 1 is 1.06 bits per heavy atom. The second-order valence-electron chi connectivity index (χ2n) is 4.11. The molecule has 17 heavy (non-hydrogen) atoms. The fourth-order valence-corrected chi connectivity index (χ4v) is 1.48. The molecule has 1 aromatic rings. The number of aldehydes is 1. The maximum atomic E-state index is 10.1. The Labute approximate surface area is 103 Å². The van der Waals surface area contributed by atoms with Crippen molar-refractivity contribution in [1.29, 1.82) is 0 Å². The molecule has 0 N–H and O–H groups in total. The molecule has 92 valence electrons. The molecule has 0 fully saturated rings. The highest BCUT2D eigenvalue weighted by Crippen LogP contribution is 2.11. The fraction of sp³-hybridized carbons (Fsp3) is 0.400. The van der Waals surface area contributed by atoms with E-state index in [4.69, 9.17) is 4.74 Å². The van der Waals surface area contributed by atoms with Crippen molar-refractivity contribution >= 4 is 6.29 Å². The third-order valence-corrected chi connectivity index (χ3v) is 2.51. The molecule has 0 aliphatic carbocycles. The minimum Gasteiger partial charge on any atom is -0.465 e. The van der Waals surface area contributed by atoms with E-state index in [1.807, 2.05) is 30.3 Å². The van der Waals surface area contributed by atoms with E-state index in [2.05, 4.69) is 6.92 Å². The van der Waals surface area contributed by atoms with Gasteiger partial charge in [-0.1, -0.05) is 24.1 Å². The van der Waals surface area contributed by atoms with Crippen LogP contribution in [0.1, 0.15) is 37.7 Å². The largest absolute Gasteiger partial charge is 0.465 e. The summed E-state index contributed by atoms with van der Waals surface area (Å²) in [5.41, 5.74) is 1.23. The van der Waals surface area contributed by atoms with Crippen molar-refractivity contribution in [3.8, 4) is 5.75 Å². The van der Waals surface area contributed by atoms with Gasteiger partial charge in [-0.15, -0.1) is 0 Å². The predicted molar refractivity (Wildman–Crippen MR) is 70.1 cm³/mol. The average Bonchev–Trinajstić information content (AvgIpc) is 2.35. The zero-order chi connectivity index (χ0) is 12.3. The maximum absolute atomic E-state index is 10.1. The number of benzene rings is 1. The molecule has 1 rings (SSSR count). The summed E-state index contributed by atoms with van der Waals surface area (Å²) in [5, 5.41) is 0. The number of carbonyl (C=O) groups excluding carboxylic acids is 1. The lowest BCUT2D eigenvalue weighted by molar-refractivity contribution is -0.107. The van der Waals surface area contributed by atoms with Crippen molar-refractivity contribution in [3.63, 3.8) is 0 Å². The van der Waals surface area contributed by atoms with Gasteiger partial charge in [-0.2, -0.15) is 0 Å². The predicted octanol–water partition coefficient (Wildman–Crippen LogP) is 4.04. The van der Waals surface area contributed by atoms with Crippen LogP contribution in [0.15, 0.2) is 36.6 Å². The quantitative estimate of drug-likeness (QED) is 0.384. The average molecular weight is 232 g/mol. The Morgan fingerprint density at radius 3 is 2.47 bits per heavy atom. The normalized spacial score (nSPS) is 10.6. The van der Waals surface area contributed by atoms with Crippen LogP contribution < -0.4 is 4.74 Å². The zero-order valence-electron chi connectivity index (χ0n) is 10.4. The first kappa shape index (κ1) is 13.5.